The second-order valence-electron chi connectivity index (χ2n) is 2.93. The van der Waals surface area contributed by atoms with Crippen LogP contribution in [0.2, 0.25) is 0 Å². The minimum atomic E-state index is -0.184. The van der Waals surface area contributed by atoms with Crippen LogP contribution in [0.15, 0.2) is 30.3 Å². The molecule has 0 N–H and O–H groups in total. The standard InChI is InChI=1S/C11H10O2S/c1-2-10(12)13-11-7-8-5-3-4-6-9(8)14-11/h3-7H,2H2,1H3. The van der Waals surface area contributed by atoms with Gasteiger partial charge < -0.3 is 4.74 Å². The lowest BCUT2D eigenvalue weighted by atomic mass is 10.3. The predicted octanol–water partition coefficient (Wildman–Crippen LogP) is 3.22. The van der Waals surface area contributed by atoms with Crippen LogP contribution in [0.3, 0.4) is 0 Å². The van der Waals surface area contributed by atoms with Crippen molar-refractivity contribution in [3.8, 4) is 5.06 Å². The number of esters is 1. The Bertz CT molecular complexity index is 426. The molecule has 0 aliphatic heterocycles. The SMILES string of the molecule is CCC(=O)Oc1cc2ccccc2s1. The van der Waals surface area contributed by atoms with E-state index in [4.69, 9.17) is 4.74 Å². The highest BCUT2D eigenvalue weighted by atomic mass is 32.1. The van der Waals surface area contributed by atoms with Crippen LogP contribution in [0.25, 0.3) is 10.1 Å². The van der Waals surface area contributed by atoms with Gasteiger partial charge in [0.25, 0.3) is 0 Å². The number of thiophene rings is 1. The van der Waals surface area contributed by atoms with E-state index >= 15 is 0 Å². The maximum atomic E-state index is 11.0. The van der Waals surface area contributed by atoms with Crippen molar-refractivity contribution < 1.29 is 9.53 Å². The third kappa shape index (κ3) is 1.77. The first-order valence-corrected chi connectivity index (χ1v) is 5.30. The molecule has 1 aromatic carbocycles. The number of hydrogen-bond acceptors (Lipinski definition) is 3. The summed E-state index contributed by atoms with van der Waals surface area (Å²) in [7, 11) is 0. The number of fused-ring (bicyclic) bond motifs is 1. The molecule has 0 aliphatic carbocycles. The second kappa shape index (κ2) is 3.80. The highest BCUT2D eigenvalue weighted by molar-refractivity contribution is 7.20. The molecule has 0 fully saturated rings. The van der Waals surface area contributed by atoms with Gasteiger partial charge in [-0.2, -0.15) is 0 Å². The van der Waals surface area contributed by atoms with Crippen LogP contribution in [0.1, 0.15) is 13.3 Å². The van der Waals surface area contributed by atoms with Gasteiger partial charge in [0.15, 0.2) is 5.06 Å². The first-order valence-electron chi connectivity index (χ1n) is 4.49. The average Bonchev–Trinajstić information content (AvgIpc) is 2.59. The van der Waals surface area contributed by atoms with Crippen molar-refractivity contribution in [2.45, 2.75) is 13.3 Å². The number of rotatable bonds is 2. The van der Waals surface area contributed by atoms with Crippen molar-refractivity contribution in [3.05, 3.63) is 30.3 Å². The van der Waals surface area contributed by atoms with E-state index in [9.17, 15) is 4.79 Å². The van der Waals surface area contributed by atoms with Gasteiger partial charge in [-0.1, -0.05) is 36.5 Å². The van der Waals surface area contributed by atoms with Gasteiger partial charge in [0, 0.05) is 17.2 Å². The molecule has 2 nitrogen and oxygen atoms in total. The Morgan fingerprint density at radius 2 is 2.21 bits per heavy atom. The van der Waals surface area contributed by atoms with Crippen LogP contribution in [0.5, 0.6) is 5.06 Å². The summed E-state index contributed by atoms with van der Waals surface area (Å²) in [5, 5.41) is 1.80. The van der Waals surface area contributed by atoms with Crippen molar-refractivity contribution in [3.63, 3.8) is 0 Å². The van der Waals surface area contributed by atoms with Crippen molar-refractivity contribution in [1.29, 1.82) is 0 Å². The molecular weight excluding hydrogens is 196 g/mol. The number of carbonyl (C=O) groups excluding carboxylic acids is 1. The highest BCUT2D eigenvalue weighted by Crippen LogP contribution is 2.31. The number of hydrogen-bond donors (Lipinski definition) is 0. The molecular formula is C11H10O2S. The third-order valence-electron chi connectivity index (χ3n) is 1.91. The Morgan fingerprint density at radius 1 is 1.43 bits per heavy atom. The van der Waals surface area contributed by atoms with E-state index in [1.165, 1.54) is 11.3 Å². The third-order valence-corrected chi connectivity index (χ3v) is 2.90. The largest absolute Gasteiger partial charge is 0.415 e. The van der Waals surface area contributed by atoms with Crippen LogP contribution in [0, 0.1) is 0 Å². The Morgan fingerprint density at radius 3 is 2.93 bits per heavy atom. The molecule has 0 unspecified atom stereocenters. The molecule has 2 rings (SSSR count). The van der Waals surface area contributed by atoms with Gasteiger partial charge in [0.2, 0.25) is 0 Å². The highest BCUT2D eigenvalue weighted by Gasteiger charge is 2.05. The van der Waals surface area contributed by atoms with E-state index in [0.717, 1.165) is 10.1 Å². The molecule has 14 heavy (non-hydrogen) atoms. The van der Waals surface area contributed by atoms with E-state index in [-0.39, 0.29) is 5.97 Å². The molecule has 3 heteroatoms. The maximum absolute atomic E-state index is 11.0. The van der Waals surface area contributed by atoms with E-state index in [1.54, 1.807) is 6.92 Å². The quantitative estimate of drug-likeness (QED) is 0.705. The zero-order valence-corrected chi connectivity index (χ0v) is 8.64. The maximum Gasteiger partial charge on any atom is 0.311 e. The average molecular weight is 206 g/mol. The molecule has 0 aliphatic rings. The zero-order valence-electron chi connectivity index (χ0n) is 7.82. The van der Waals surface area contributed by atoms with E-state index in [1.807, 2.05) is 30.3 Å². The molecule has 72 valence electrons. The predicted molar refractivity (Wildman–Crippen MR) is 57.8 cm³/mol. The fourth-order valence-corrected chi connectivity index (χ4v) is 2.12. The molecule has 1 heterocycles. The summed E-state index contributed by atoms with van der Waals surface area (Å²) in [6.45, 7) is 1.79. The van der Waals surface area contributed by atoms with Crippen LogP contribution in [-0.2, 0) is 4.79 Å². The molecule has 2 aromatic rings. The van der Waals surface area contributed by atoms with Crippen molar-refractivity contribution in [2.75, 3.05) is 0 Å². The summed E-state index contributed by atoms with van der Waals surface area (Å²) in [4.78, 5) is 11.0. The van der Waals surface area contributed by atoms with Gasteiger partial charge in [-0.3, -0.25) is 4.79 Å². The van der Waals surface area contributed by atoms with Crippen LogP contribution >= 0.6 is 11.3 Å². The minimum Gasteiger partial charge on any atom is -0.415 e. The lowest BCUT2D eigenvalue weighted by molar-refractivity contribution is -0.133. The van der Waals surface area contributed by atoms with Crippen molar-refractivity contribution in [2.24, 2.45) is 0 Å². The molecule has 0 saturated heterocycles. The number of ether oxygens (including phenoxy) is 1. The van der Waals surface area contributed by atoms with Gasteiger partial charge in [-0.25, -0.2) is 0 Å². The summed E-state index contributed by atoms with van der Waals surface area (Å²) in [5.41, 5.74) is 0. The molecule has 1 aromatic heterocycles. The van der Waals surface area contributed by atoms with Crippen molar-refractivity contribution >= 4 is 27.4 Å². The summed E-state index contributed by atoms with van der Waals surface area (Å²) < 4.78 is 6.27. The van der Waals surface area contributed by atoms with E-state index in [0.29, 0.717) is 11.5 Å². The summed E-state index contributed by atoms with van der Waals surface area (Å²) in [6, 6.07) is 9.87. The van der Waals surface area contributed by atoms with Gasteiger partial charge in [0.1, 0.15) is 0 Å². The molecule has 0 bridgehead atoms. The van der Waals surface area contributed by atoms with Gasteiger partial charge >= 0.3 is 5.97 Å². The lowest BCUT2D eigenvalue weighted by Gasteiger charge is -1.95. The van der Waals surface area contributed by atoms with E-state index in [2.05, 4.69) is 0 Å². The lowest BCUT2D eigenvalue weighted by Crippen LogP contribution is -2.03. The Labute approximate surface area is 86.1 Å². The minimum absolute atomic E-state index is 0.184. The first-order chi connectivity index (χ1) is 6.79. The van der Waals surface area contributed by atoms with E-state index < -0.39 is 0 Å². The topological polar surface area (TPSA) is 26.3 Å². The summed E-state index contributed by atoms with van der Waals surface area (Å²) >= 11 is 1.50. The van der Waals surface area contributed by atoms with Crippen molar-refractivity contribution in [1.82, 2.24) is 0 Å². The first kappa shape index (κ1) is 9.21. The Hall–Kier alpha value is -1.35. The van der Waals surface area contributed by atoms with Crippen LogP contribution in [-0.4, -0.2) is 5.97 Å². The number of carbonyl (C=O) groups is 1. The van der Waals surface area contributed by atoms with Gasteiger partial charge in [-0.05, 0) is 11.5 Å². The van der Waals surface area contributed by atoms with Gasteiger partial charge in [0.05, 0.1) is 0 Å². The normalized spacial score (nSPS) is 10.4. The molecule has 0 atom stereocenters. The number of benzene rings is 1. The monoisotopic (exact) mass is 206 g/mol. The Kier molecular flexibility index (Phi) is 2.50. The fraction of sp³-hybridized carbons (Fsp3) is 0.182. The summed E-state index contributed by atoms with van der Waals surface area (Å²) in [6.07, 6.45) is 0.411. The van der Waals surface area contributed by atoms with Crippen LogP contribution in [0.4, 0.5) is 0 Å². The second-order valence-corrected chi connectivity index (χ2v) is 3.98. The molecule has 0 spiro atoms. The zero-order chi connectivity index (χ0) is 9.97. The van der Waals surface area contributed by atoms with Crippen LogP contribution < -0.4 is 4.74 Å². The summed E-state index contributed by atoms with van der Waals surface area (Å²) in [5.74, 6) is -0.184. The molecule has 0 amide bonds. The smallest absolute Gasteiger partial charge is 0.311 e. The van der Waals surface area contributed by atoms with Gasteiger partial charge in [-0.15, -0.1) is 0 Å². The fourth-order valence-electron chi connectivity index (χ4n) is 1.19. The molecule has 0 saturated carbocycles. The molecule has 0 radical (unpaired) electrons. The Balaban J connectivity index is 2.31.